The number of carbonyl (C=O) groups is 3. The van der Waals surface area contributed by atoms with Gasteiger partial charge < -0.3 is 10.1 Å². The van der Waals surface area contributed by atoms with Crippen LogP contribution in [0.1, 0.15) is 26.3 Å². The molecule has 0 aromatic heterocycles. The Morgan fingerprint density at radius 2 is 1.63 bits per heavy atom. The fourth-order valence-corrected chi connectivity index (χ4v) is 3.49. The zero-order valence-corrected chi connectivity index (χ0v) is 19.2. The van der Waals surface area contributed by atoms with Gasteiger partial charge >= 0.3 is 5.97 Å². The molecule has 0 radical (unpaired) electrons. The SMILES string of the molecule is O=C(CNC(=O)c1cccc2ccccc12)N/N=C\c1ccc(OC(=O)c2cccc(Cl)c2)cc1. The lowest BCUT2D eigenvalue weighted by Crippen LogP contribution is -2.35. The van der Waals surface area contributed by atoms with Crippen LogP contribution in [0.15, 0.2) is 96.1 Å². The molecule has 0 aliphatic rings. The van der Waals surface area contributed by atoms with Gasteiger partial charge in [-0.15, -0.1) is 0 Å². The molecule has 35 heavy (non-hydrogen) atoms. The molecule has 2 N–H and O–H groups in total. The molecule has 174 valence electrons. The van der Waals surface area contributed by atoms with Gasteiger partial charge in [0.05, 0.1) is 18.3 Å². The Labute approximate surface area is 206 Å². The van der Waals surface area contributed by atoms with E-state index in [1.807, 2.05) is 30.3 Å². The van der Waals surface area contributed by atoms with E-state index in [1.54, 1.807) is 54.6 Å². The van der Waals surface area contributed by atoms with Crippen LogP contribution in [0.2, 0.25) is 5.02 Å². The molecule has 0 bridgehead atoms. The lowest BCUT2D eigenvalue weighted by atomic mass is 10.0. The predicted molar refractivity (Wildman–Crippen MR) is 135 cm³/mol. The van der Waals surface area contributed by atoms with Crippen LogP contribution >= 0.6 is 11.6 Å². The summed E-state index contributed by atoms with van der Waals surface area (Å²) >= 11 is 5.89. The quantitative estimate of drug-likeness (QED) is 0.173. The molecule has 0 saturated carbocycles. The van der Waals surface area contributed by atoms with Crippen molar-refractivity contribution < 1.29 is 19.1 Å². The summed E-state index contributed by atoms with van der Waals surface area (Å²) in [6.07, 6.45) is 1.44. The van der Waals surface area contributed by atoms with Crippen LogP contribution in [0, 0.1) is 0 Å². The van der Waals surface area contributed by atoms with Gasteiger partial charge in [-0.3, -0.25) is 9.59 Å². The zero-order valence-electron chi connectivity index (χ0n) is 18.4. The van der Waals surface area contributed by atoms with Crippen molar-refractivity contribution in [3.63, 3.8) is 0 Å². The normalized spacial score (nSPS) is 10.8. The highest BCUT2D eigenvalue weighted by Gasteiger charge is 2.11. The van der Waals surface area contributed by atoms with E-state index in [0.29, 0.717) is 27.5 Å². The molecule has 0 saturated heterocycles. The van der Waals surface area contributed by atoms with Gasteiger partial charge in [-0.2, -0.15) is 5.10 Å². The van der Waals surface area contributed by atoms with E-state index in [2.05, 4.69) is 15.8 Å². The van der Waals surface area contributed by atoms with Crippen LogP contribution in [0.3, 0.4) is 0 Å². The Balaban J connectivity index is 1.26. The first-order valence-corrected chi connectivity index (χ1v) is 11.0. The van der Waals surface area contributed by atoms with Crippen molar-refractivity contribution in [1.82, 2.24) is 10.7 Å². The van der Waals surface area contributed by atoms with Crippen molar-refractivity contribution in [2.45, 2.75) is 0 Å². The number of hydrazone groups is 1. The minimum atomic E-state index is -0.522. The molecular weight excluding hydrogens is 466 g/mol. The number of esters is 1. The summed E-state index contributed by atoms with van der Waals surface area (Å²) in [4.78, 5) is 36.7. The van der Waals surface area contributed by atoms with E-state index < -0.39 is 11.9 Å². The smallest absolute Gasteiger partial charge is 0.343 e. The first-order valence-electron chi connectivity index (χ1n) is 10.7. The number of halogens is 1. The van der Waals surface area contributed by atoms with Crippen molar-refractivity contribution in [3.05, 3.63) is 113 Å². The average Bonchev–Trinajstić information content (AvgIpc) is 2.88. The van der Waals surface area contributed by atoms with E-state index in [-0.39, 0.29) is 12.5 Å². The summed E-state index contributed by atoms with van der Waals surface area (Å²) in [6.45, 7) is -0.224. The van der Waals surface area contributed by atoms with Crippen molar-refractivity contribution in [2.24, 2.45) is 5.10 Å². The summed E-state index contributed by atoms with van der Waals surface area (Å²) in [5.41, 5.74) is 3.88. The summed E-state index contributed by atoms with van der Waals surface area (Å²) in [7, 11) is 0. The highest BCUT2D eigenvalue weighted by molar-refractivity contribution is 6.30. The van der Waals surface area contributed by atoms with Crippen molar-refractivity contribution >= 4 is 46.4 Å². The van der Waals surface area contributed by atoms with Crippen LogP contribution < -0.4 is 15.5 Å². The molecule has 0 aliphatic heterocycles. The molecule has 0 spiro atoms. The fraction of sp³-hybridized carbons (Fsp3) is 0.0370. The topological polar surface area (TPSA) is 96.9 Å². The summed E-state index contributed by atoms with van der Waals surface area (Å²) in [6, 6.07) is 26.0. The van der Waals surface area contributed by atoms with Gasteiger partial charge in [-0.1, -0.05) is 54.1 Å². The molecule has 4 aromatic carbocycles. The van der Waals surface area contributed by atoms with E-state index in [0.717, 1.165) is 10.8 Å². The van der Waals surface area contributed by atoms with Gasteiger partial charge in [0.1, 0.15) is 5.75 Å². The Bertz CT molecular complexity index is 1410. The minimum absolute atomic E-state index is 0.224. The summed E-state index contributed by atoms with van der Waals surface area (Å²) in [5, 5.41) is 8.69. The van der Waals surface area contributed by atoms with Gasteiger partial charge in [0.15, 0.2) is 0 Å². The maximum Gasteiger partial charge on any atom is 0.343 e. The monoisotopic (exact) mass is 485 g/mol. The third kappa shape index (κ3) is 6.31. The molecular formula is C27H20ClN3O4. The number of fused-ring (bicyclic) bond motifs is 1. The Kier molecular flexibility index (Phi) is 7.50. The Morgan fingerprint density at radius 3 is 2.43 bits per heavy atom. The maximum atomic E-state index is 12.5. The number of rotatable bonds is 7. The molecule has 0 fully saturated rings. The second-order valence-electron chi connectivity index (χ2n) is 7.47. The van der Waals surface area contributed by atoms with Gasteiger partial charge in [0, 0.05) is 10.6 Å². The highest BCUT2D eigenvalue weighted by Crippen LogP contribution is 2.18. The molecule has 7 nitrogen and oxygen atoms in total. The molecule has 0 unspecified atom stereocenters. The number of nitrogens with zero attached hydrogens (tertiary/aromatic N) is 1. The molecule has 4 rings (SSSR count). The van der Waals surface area contributed by atoms with Crippen molar-refractivity contribution in [1.29, 1.82) is 0 Å². The van der Waals surface area contributed by atoms with Crippen LogP contribution in [0.25, 0.3) is 10.8 Å². The molecule has 4 aromatic rings. The minimum Gasteiger partial charge on any atom is -0.423 e. The number of benzene rings is 4. The van der Waals surface area contributed by atoms with Gasteiger partial charge in [-0.05, 0) is 64.9 Å². The standard InChI is InChI=1S/C27H20ClN3O4/c28-21-8-3-7-20(15-21)27(34)35-22-13-11-18(12-14-22)16-30-31-25(32)17-29-26(33)24-10-4-6-19-5-1-2-9-23(19)24/h1-16H,17H2,(H,29,33)(H,31,32)/b30-16-. The Hall–Kier alpha value is -4.49. The van der Waals surface area contributed by atoms with Crippen LogP contribution in [0.4, 0.5) is 0 Å². The van der Waals surface area contributed by atoms with E-state index >= 15 is 0 Å². The lowest BCUT2D eigenvalue weighted by Gasteiger charge is -2.07. The first kappa shape index (κ1) is 23.7. The van der Waals surface area contributed by atoms with E-state index in [1.165, 1.54) is 12.3 Å². The highest BCUT2D eigenvalue weighted by atomic mass is 35.5. The van der Waals surface area contributed by atoms with Gasteiger partial charge in [0.25, 0.3) is 11.8 Å². The number of hydrogen-bond acceptors (Lipinski definition) is 5. The number of amides is 2. The summed E-state index contributed by atoms with van der Waals surface area (Å²) < 4.78 is 5.32. The van der Waals surface area contributed by atoms with E-state index in [9.17, 15) is 14.4 Å². The largest absolute Gasteiger partial charge is 0.423 e. The number of nitrogens with one attached hydrogen (secondary N) is 2. The molecule has 2 amide bonds. The van der Waals surface area contributed by atoms with E-state index in [4.69, 9.17) is 16.3 Å². The van der Waals surface area contributed by atoms with Crippen molar-refractivity contribution in [3.8, 4) is 5.75 Å². The van der Waals surface area contributed by atoms with Crippen LogP contribution in [-0.4, -0.2) is 30.5 Å². The molecule has 8 heteroatoms. The third-order valence-corrected chi connectivity index (χ3v) is 5.23. The fourth-order valence-electron chi connectivity index (χ4n) is 3.30. The second kappa shape index (κ2) is 11.1. The number of ether oxygens (including phenoxy) is 1. The second-order valence-corrected chi connectivity index (χ2v) is 7.91. The van der Waals surface area contributed by atoms with Gasteiger partial charge in [0.2, 0.25) is 0 Å². The molecule has 0 heterocycles. The zero-order chi connectivity index (χ0) is 24.6. The third-order valence-electron chi connectivity index (χ3n) is 5.00. The number of hydrogen-bond donors (Lipinski definition) is 2. The molecule has 0 aliphatic carbocycles. The van der Waals surface area contributed by atoms with Gasteiger partial charge in [-0.25, -0.2) is 10.2 Å². The Morgan fingerprint density at radius 1 is 0.886 bits per heavy atom. The average molecular weight is 486 g/mol. The summed E-state index contributed by atoms with van der Waals surface area (Å²) in [5.74, 6) is -0.982. The van der Waals surface area contributed by atoms with Crippen molar-refractivity contribution in [2.75, 3.05) is 6.54 Å². The predicted octanol–water partition coefficient (Wildman–Crippen LogP) is 4.59. The number of carbonyl (C=O) groups excluding carboxylic acids is 3. The molecule has 0 atom stereocenters. The maximum absolute atomic E-state index is 12.5. The van der Waals surface area contributed by atoms with Crippen LogP contribution in [-0.2, 0) is 4.79 Å². The first-order chi connectivity index (χ1) is 17.0. The lowest BCUT2D eigenvalue weighted by molar-refractivity contribution is -0.120. The van der Waals surface area contributed by atoms with Crippen LogP contribution in [0.5, 0.6) is 5.75 Å².